The van der Waals surface area contributed by atoms with Gasteiger partial charge in [-0.05, 0) is 60.4 Å². The van der Waals surface area contributed by atoms with Crippen molar-refractivity contribution in [3.8, 4) is 22.8 Å². The molecular weight excluding hydrogens is 458 g/mol. The lowest BCUT2D eigenvalue weighted by molar-refractivity contribution is -0.113. The molecular formula is C27H29N5O2S. The molecule has 2 aromatic heterocycles. The zero-order valence-electron chi connectivity index (χ0n) is 20.4. The second kappa shape index (κ2) is 10.7. The van der Waals surface area contributed by atoms with Crippen LogP contribution in [-0.2, 0) is 10.2 Å². The lowest BCUT2D eigenvalue weighted by atomic mass is 9.86. The topological polar surface area (TPSA) is 81.9 Å². The van der Waals surface area contributed by atoms with E-state index in [0.717, 1.165) is 28.3 Å². The van der Waals surface area contributed by atoms with Crippen LogP contribution >= 0.6 is 11.8 Å². The number of aromatic nitrogens is 4. The van der Waals surface area contributed by atoms with Crippen LogP contribution in [0.4, 0.5) is 5.69 Å². The quantitative estimate of drug-likeness (QED) is 0.318. The van der Waals surface area contributed by atoms with Crippen molar-refractivity contribution in [2.45, 2.75) is 38.3 Å². The summed E-state index contributed by atoms with van der Waals surface area (Å²) in [4.78, 5) is 17.0. The van der Waals surface area contributed by atoms with E-state index in [4.69, 9.17) is 4.74 Å². The van der Waals surface area contributed by atoms with Gasteiger partial charge in [0.1, 0.15) is 5.75 Å². The second-order valence-electron chi connectivity index (χ2n) is 8.94. The van der Waals surface area contributed by atoms with Crippen molar-refractivity contribution in [1.82, 2.24) is 19.7 Å². The molecule has 4 aromatic rings. The third-order valence-electron chi connectivity index (χ3n) is 5.32. The highest BCUT2D eigenvalue weighted by molar-refractivity contribution is 7.99. The van der Waals surface area contributed by atoms with Crippen molar-refractivity contribution in [2.24, 2.45) is 0 Å². The van der Waals surface area contributed by atoms with Crippen LogP contribution in [-0.4, -0.2) is 38.0 Å². The monoisotopic (exact) mass is 487 g/mol. The molecule has 0 spiro atoms. The first-order valence-electron chi connectivity index (χ1n) is 11.5. The van der Waals surface area contributed by atoms with Gasteiger partial charge >= 0.3 is 0 Å². The number of nitrogens with one attached hydrogen (secondary N) is 1. The molecule has 180 valence electrons. The van der Waals surface area contributed by atoms with Gasteiger partial charge in [0, 0.05) is 29.3 Å². The van der Waals surface area contributed by atoms with E-state index in [0.29, 0.717) is 17.6 Å². The third kappa shape index (κ3) is 5.89. The molecule has 35 heavy (non-hydrogen) atoms. The highest BCUT2D eigenvalue weighted by atomic mass is 32.2. The van der Waals surface area contributed by atoms with Gasteiger partial charge in [-0.1, -0.05) is 50.7 Å². The Bertz CT molecular complexity index is 1280. The number of hydrogen-bond donors (Lipinski definition) is 1. The van der Waals surface area contributed by atoms with Gasteiger partial charge in [0.25, 0.3) is 0 Å². The molecule has 0 atom stereocenters. The molecule has 0 aliphatic carbocycles. The number of carbonyl (C=O) groups is 1. The number of carbonyl (C=O) groups excluding carboxylic acids is 1. The minimum absolute atomic E-state index is 0.0791. The van der Waals surface area contributed by atoms with Crippen LogP contribution in [0.1, 0.15) is 33.3 Å². The Morgan fingerprint density at radius 3 is 2.40 bits per heavy atom. The molecule has 1 amide bonds. The standard InChI is InChI=1S/C27H29N5O2S/c1-5-34-21-12-10-20(11-13-21)32-25(19-14-16-28-17-15-19)30-31-26(32)35-18-24(33)29-23-9-7-6-8-22(23)27(2,3)4/h6-17H,5,18H2,1-4H3,(H,29,33). The SMILES string of the molecule is CCOc1ccc(-n2c(SCC(=O)Nc3ccccc3C(C)(C)C)nnc2-c2ccncc2)cc1. The Morgan fingerprint density at radius 2 is 1.71 bits per heavy atom. The van der Waals surface area contributed by atoms with Gasteiger partial charge in [0.05, 0.1) is 12.4 Å². The maximum Gasteiger partial charge on any atom is 0.234 e. The summed E-state index contributed by atoms with van der Waals surface area (Å²) >= 11 is 1.34. The van der Waals surface area contributed by atoms with E-state index in [9.17, 15) is 4.79 Å². The normalized spacial score (nSPS) is 11.3. The fourth-order valence-corrected chi connectivity index (χ4v) is 4.46. The van der Waals surface area contributed by atoms with Crippen molar-refractivity contribution in [2.75, 3.05) is 17.7 Å². The summed E-state index contributed by atoms with van der Waals surface area (Å²) in [6.07, 6.45) is 3.44. The molecule has 0 saturated heterocycles. The first kappa shape index (κ1) is 24.5. The van der Waals surface area contributed by atoms with Crippen LogP contribution in [0.2, 0.25) is 0 Å². The molecule has 0 saturated carbocycles. The van der Waals surface area contributed by atoms with Crippen LogP contribution < -0.4 is 10.1 Å². The van der Waals surface area contributed by atoms with Crippen LogP contribution in [0.25, 0.3) is 17.1 Å². The Labute approximate surface area is 210 Å². The molecule has 0 fully saturated rings. The van der Waals surface area contributed by atoms with Crippen molar-refractivity contribution in [1.29, 1.82) is 0 Å². The highest BCUT2D eigenvalue weighted by Crippen LogP contribution is 2.31. The average Bonchev–Trinajstić information content (AvgIpc) is 3.28. The van der Waals surface area contributed by atoms with Gasteiger partial charge in [0.2, 0.25) is 5.91 Å². The second-order valence-corrected chi connectivity index (χ2v) is 9.88. The van der Waals surface area contributed by atoms with Crippen LogP contribution in [0.15, 0.2) is 78.2 Å². The molecule has 7 nitrogen and oxygen atoms in total. The lowest BCUT2D eigenvalue weighted by Gasteiger charge is -2.23. The van der Waals surface area contributed by atoms with Crippen molar-refractivity contribution in [3.63, 3.8) is 0 Å². The fraction of sp³-hybridized carbons (Fsp3) is 0.259. The summed E-state index contributed by atoms with van der Waals surface area (Å²) in [5, 5.41) is 12.5. The molecule has 8 heteroatoms. The maximum absolute atomic E-state index is 12.9. The van der Waals surface area contributed by atoms with Gasteiger partial charge in [-0.25, -0.2) is 0 Å². The minimum atomic E-state index is -0.0987. The molecule has 0 aliphatic rings. The molecule has 4 rings (SSSR count). The van der Waals surface area contributed by atoms with Crippen LogP contribution in [0.3, 0.4) is 0 Å². The van der Waals surface area contributed by atoms with E-state index in [1.54, 1.807) is 12.4 Å². The Hall–Kier alpha value is -3.65. The number of rotatable bonds is 8. The number of para-hydroxylation sites is 1. The summed E-state index contributed by atoms with van der Waals surface area (Å²) in [6, 6.07) is 19.4. The maximum atomic E-state index is 12.9. The molecule has 0 aliphatic heterocycles. The number of anilines is 1. The number of thioether (sulfide) groups is 1. The predicted molar refractivity (Wildman–Crippen MR) is 140 cm³/mol. The Balaban J connectivity index is 1.58. The first-order valence-corrected chi connectivity index (χ1v) is 12.5. The summed E-state index contributed by atoms with van der Waals surface area (Å²) in [7, 11) is 0. The van der Waals surface area contributed by atoms with Gasteiger partial charge in [-0.2, -0.15) is 0 Å². The summed E-state index contributed by atoms with van der Waals surface area (Å²) < 4.78 is 7.54. The molecule has 1 N–H and O–H groups in total. The van der Waals surface area contributed by atoms with Crippen molar-refractivity contribution in [3.05, 3.63) is 78.6 Å². The van der Waals surface area contributed by atoms with E-state index < -0.39 is 0 Å². The molecule has 0 radical (unpaired) electrons. The van der Waals surface area contributed by atoms with E-state index in [1.807, 2.05) is 72.2 Å². The van der Waals surface area contributed by atoms with Gasteiger partial charge in [-0.3, -0.25) is 14.3 Å². The largest absolute Gasteiger partial charge is 0.494 e. The molecule has 0 bridgehead atoms. The van der Waals surface area contributed by atoms with Gasteiger partial charge < -0.3 is 10.1 Å². The van der Waals surface area contributed by atoms with Crippen LogP contribution in [0, 0.1) is 0 Å². The summed E-state index contributed by atoms with van der Waals surface area (Å²) in [6.45, 7) is 8.95. The number of amides is 1. The summed E-state index contributed by atoms with van der Waals surface area (Å²) in [5.41, 5.74) is 3.61. The van der Waals surface area contributed by atoms with Crippen LogP contribution in [0.5, 0.6) is 5.75 Å². The molecule has 2 aromatic carbocycles. The highest BCUT2D eigenvalue weighted by Gasteiger charge is 2.20. The number of benzene rings is 2. The van der Waals surface area contributed by atoms with Gasteiger partial charge in [0.15, 0.2) is 11.0 Å². The van der Waals surface area contributed by atoms with E-state index in [-0.39, 0.29) is 17.1 Å². The fourth-order valence-electron chi connectivity index (χ4n) is 3.70. The number of pyridine rings is 1. The predicted octanol–water partition coefficient (Wildman–Crippen LogP) is 5.76. The number of nitrogens with zero attached hydrogens (tertiary/aromatic N) is 4. The smallest absolute Gasteiger partial charge is 0.234 e. The number of hydrogen-bond acceptors (Lipinski definition) is 6. The molecule has 2 heterocycles. The van der Waals surface area contributed by atoms with E-state index in [1.165, 1.54) is 11.8 Å². The van der Waals surface area contributed by atoms with Gasteiger partial charge in [-0.15, -0.1) is 10.2 Å². The van der Waals surface area contributed by atoms with E-state index >= 15 is 0 Å². The number of ether oxygens (including phenoxy) is 1. The van der Waals surface area contributed by atoms with Crippen molar-refractivity contribution < 1.29 is 9.53 Å². The van der Waals surface area contributed by atoms with Crippen molar-refractivity contribution >= 4 is 23.4 Å². The Morgan fingerprint density at radius 1 is 1.00 bits per heavy atom. The summed E-state index contributed by atoms with van der Waals surface area (Å²) in [5.74, 6) is 1.57. The zero-order valence-corrected chi connectivity index (χ0v) is 21.2. The minimum Gasteiger partial charge on any atom is -0.494 e. The van der Waals surface area contributed by atoms with E-state index in [2.05, 4.69) is 41.3 Å². The average molecular weight is 488 g/mol. The lowest BCUT2D eigenvalue weighted by Crippen LogP contribution is -2.20. The first-order chi connectivity index (χ1) is 16.9. The molecule has 0 unspecified atom stereocenters. The third-order valence-corrected chi connectivity index (χ3v) is 6.25. The zero-order chi connectivity index (χ0) is 24.8. The Kier molecular flexibility index (Phi) is 7.51.